The van der Waals surface area contributed by atoms with Crippen molar-refractivity contribution in [2.75, 3.05) is 0 Å². The molecule has 3 nitrogen and oxygen atoms in total. The molecule has 1 N–H and O–H groups in total. The fraction of sp³-hybridized carbons (Fsp3) is 0.833. The molecule has 0 radical (unpaired) electrons. The Bertz CT molecular complexity index is 271. The van der Waals surface area contributed by atoms with Crippen LogP contribution in [0.25, 0.3) is 0 Å². The molecule has 1 aliphatic rings. The summed E-state index contributed by atoms with van der Waals surface area (Å²) in [5.74, 6) is 0.705. The van der Waals surface area contributed by atoms with E-state index in [1.165, 1.54) is 0 Å². The first-order valence-corrected chi connectivity index (χ1v) is 5.88. The van der Waals surface area contributed by atoms with Crippen molar-refractivity contribution in [1.29, 1.82) is 0 Å². The molecule has 0 bridgehead atoms. The van der Waals surface area contributed by atoms with Crippen molar-refractivity contribution in [3.63, 3.8) is 0 Å². The topological polar surface area (TPSA) is 41.5 Å². The van der Waals surface area contributed by atoms with Crippen molar-refractivity contribution in [3.05, 3.63) is 0 Å². The van der Waals surface area contributed by atoms with Crippen molar-refractivity contribution >= 4 is 11.5 Å². The van der Waals surface area contributed by atoms with E-state index in [2.05, 4.69) is 31.3 Å². The average Bonchev–Trinajstić information content (AvgIpc) is 2.40. The second kappa shape index (κ2) is 4.77. The number of unbranched alkanes of at least 4 members (excludes halogenated alkanes) is 1. The van der Waals surface area contributed by atoms with Gasteiger partial charge in [-0.3, -0.25) is 10.2 Å². The lowest BCUT2D eigenvalue weighted by Gasteiger charge is -2.23. The van der Waals surface area contributed by atoms with Gasteiger partial charge >= 0.3 is 0 Å². The Hall–Kier alpha value is -0.860. The van der Waals surface area contributed by atoms with Crippen LogP contribution in [0.15, 0.2) is 5.10 Å². The smallest absolute Gasteiger partial charge is 0.205 e. The first kappa shape index (κ1) is 12.2. The van der Waals surface area contributed by atoms with Crippen molar-refractivity contribution < 1.29 is 4.79 Å². The van der Waals surface area contributed by atoms with Crippen molar-refractivity contribution in [1.82, 2.24) is 5.43 Å². The van der Waals surface area contributed by atoms with Crippen LogP contribution in [0.5, 0.6) is 0 Å². The first-order chi connectivity index (χ1) is 6.99. The summed E-state index contributed by atoms with van der Waals surface area (Å²) < 4.78 is 0. The number of nitrogens with zero attached hydrogens (tertiary/aromatic N) is 1. The van der Waals surface area contributed by atoms with Gasteiger partial charge in [0.1, 0.15) is 11.3 Å². The fourth-order valence-corrected chi connectivity index (χ4v) is 2.08. The molecule has 1 atom stereocenters. The van der Waals surface area contributed by atoms with Crippen LogP contribution in [-0.2, 0) is 4.79 Å². The summed E-state index contributed by atoms with van der Waals surface area (Å²) >= 11 is 0. The van der Waals surface area contributed by atoms with Crippen LogP contribution in [0, 0.1) is 5.92 Å². The molecule has 86 valence electrons. The van der Waals surface area contributed by atoms with Gasteiger partial charge in [-0.2, -0.15) is 5.10 Å². The predicted octanol–water partition coefficient (Wildman–Crippen LogP) is 2.51. The van der Waals surface area contributed by atoms with Gasteiger partial charge in [0.15, 0.2) is 0 Å². The van der Waals surface area contributed by atoms with Crippen molar-refractivity contribution in [3.8, 4) is 0 Å². The van der Waals surface area contributed by atoms with Gasteiger partial charge in [-0.25, -0.2) is 0 Å². The van der Waals surface area contributed by atoms with E-state index in [1.54, 1.807) is 0 Å². The average molecular weight is 210 g/mol. The minimum atomic E-state index is -0.447. The third-order valence-electron chi connectivity index (χ3n) is 2.78. The van der Waals surface area contributed by atoms with E-state index in [4.69, 9.17) is 0 Å². The number of hydrazone groups is 1. The van der Waals surface area contributed by atoms with E-state index in [9.17, 15) is 4.79 Å². The highest BCUT2D eigenvalue weighted by Gasteiger charge is 2.40. The lowest BCUT2D eigenvalue weighted by Crippen LogP contribution is -2.45. The Morgan fingerprint density at radius 2 is 2.13 bits per heavy atom. The number of carbonyl (C=O) groups is 1. The minimum absolute atomic E-state index is 0.199. The van der Waals surface area contributed by atoms with E-state index >= 15 is 0 Å². The number of ketones is 1. The zero-order chi connectivity index (χ0) is 11.5. The van der Waals surface area contributed by atoms with Gasteiger partial charge < -0.3 is 0 Å². The van der Waals surface area contributed by atoms with Gasteiger partial charge in [0.2, 0.25) is 5.78 Å². The van der Waals surface area contributed by atoms with Crippen LogP contribution in [0.2, 0.25) is 0 Å². The lowest BCUT2D eigenvalue weighted by atomic mass is 9.85. The molecule has 0 aromatic rings. The highest BCUT2D eigenvalue weighted by atomic mass is 16.1. The number of Topliss-reactive ketones (excluding diaryl/α,β-unsaturated/α-hetero) is 1. The molecule has 15 heavy (non-hydrogen) atoms. The lowest BCUT2D eigenvalue weighted by molar-refractivity contribution is -0.117. The Balaban J connectivity index is 2.59. The molecule has 1 aliphatic heterocycles. The Kier molecular flexibility index (Phi) is 3.89. The molecule has 1 unspecified atom stereocenters. The van der Waals surface area contributed by atoms with Gasteiger partial charge in [-0.1, -0.05) is 27.2 Å². The molecule has 0 aliphatic carbocycles. The van der Waals surface area contributed by atoms with Crippen molar-refractivity contribution in [2.45, 2.75) is 58.9 Å². The number of rotatable bonds is 5. The fourth-order valence-electron chi connectivity index (χ4n) is 2.08. The van der Waals surface area contributed by atoms with Crippen LogP contribution in [-0.4, -0.2) is 17.0 Å². The maximum Gasteiger partial charge on any atom is 0.205 e. The molecule has 0 spiro atoms. The molecule has 1 rings (SSSR count). The van der Waals surface area contributed by atoms with E-state index in [1.807, 2.05) is 6.92 Å². The molecule has 0 fully saturated rings. The third kappa shape index (κ3) is 2.80. The van der Waals surface area contributed by atoms with Crippen molar-refractivity contribution in [2.24, 2.45) is 11.0 Å². The number of hydrogen-bond donors (Lipinski definition) is 1. The normalized spacial score (nSPS) is 25.7. The Morgan fingerprint density at radius 3 is 2.67 bits per heavy atom. The molecule has 0 aromatic carbocycles. The standard InChI is InChI=1S/C12H22N2O/c1-5-6-7-10-11(15)12(4,14-13-10)8-9(2)3/h9,14H,5-8H2,1-4H3. The predicted molar refractivity (Wildman–Crippen MR) is 63.0 cm³/mol. The highest BCUT2D eigenvalue weighted by Crippen LogP contribution is 2.23. The van der Waals surface area contributed by atoms with Crippen LogP contribution < -0.4 is 5.43 Å². The Morgan fingerprint density at radius 1 is 1.47 bits per heavy atom. The molecular weight excluding hydrogens is 188 g/mol. The monoisotopic (exact) mass is 210 g/mol. The van der Waals surface area contributed by atoms with Crippen LogP contribution >= 0.6 is 0 Å². The number of hydrogen-bond acceptors (Lipinski definition) is 3. The summed E-state index contributed by atoms with van der Waals surface area (Å²) in [6.45, 7) is 8.34. The molecule has 0 saturated carbocycles. The molecule has 0 saturated heterocycles. The van der Waals surface area contributed by atoms with Crippen LogP contribution in [0.1, 0.15) is 53.4 Å². The zero-order valence-electron chi connectivity index (χ0n) is 10.3. The summed E-state index contributed by atoms with van der Waals surface area (Å²) in [4.78, 5) is 12.1. The van der Waals surface area contributed by atoms with E-state index < -0.39 is 5.54 Å². The zero-order valence-corrected chi connectivity index (χ0v) is 10.3. The molecule has 3 heteroatoms. The SMILES string of the molecule is CCCCC1=NNC(C)(CC(C)C)C1=O. The molecule has 1 heterocycles. The number of nitrogens with one attached hydrogen (secondary N) is 1. The van der Waals surface area contributed by atoms with Crippen LogP contribution in [0.3, 0.4) is 0 Å². The second-order valence-electron chi connectivity index (χ2n) is 5.03. The van der Waals surface area contributed by atoms with Gasteiger partial charge in [-0.15, -0.1) is 0 Å². The molecule has 0 aromatic heterocycles. The van der Waals surface area contributed by atoms with E-state index in [0.717, 1.165) is 31.4 Å². The quantitative estimate of drug-likeness (QED) is 0.757. The summed E-state index contributed by atoms with van der Waals surface area (Å²) in [6.07, 6.45) is 3.82. The highest BCUT2D eigenvalue weighted by molar-refractivity contribution is 6.44. The van der Waals surface area contributed by atoms with Gasteiger partial charge in [0.25, 0.3) is 0 Å². The summed E-state index contributed by atoms with van der Waals surface area (Å²) in [5, 5.41) is 4.18. The second-order valence-corrected chi connectivity index (χ2v) is 5.03. The van der Waals surface area contributed by atoms with Gasteiger partial charge in [0, 0.05) is 0 Å². The maximum atomic E-state index is 12.1. The largest absolute Gasteiger partial charge is 0.296 e. The van der Waals surface area contributed by atoms with Gasteiger partial charge in [-0.05, 0) is 32.1 Å². The summed E-state index contributed by atoms with van der Waals surface area (Å²) in [7, 11) is 0. The molecule has 0 amide bonds. The summed E-state index contributed by atoms with van der Waals surface area (Å²) in [5.41, 5.74) is 3.30. The van der Waals surface area contributed by atoms with Crippen LogP contribution in [0.4, 0.5) is 0 Å². The van der Waals surface area contributed by atoms with E-state index in [-0.39, 0.29) is 5.78 Å². The minimum Gasteiger partial charge on any atom is -0.296 e. The number of carbonyl (C=O) groups excluding carboxylic acids is 1. The van der Waals surface area contributed by atoms with Gasteiger partial charge in [0.05, 0.1) is 0 Å². The maximum absolute atomic E-state index is 12.1. The molecular formula is C12H22N2O. The Labute approximate surface area is 92.3 Å². The first-order valence-electron chi connectivity index (χ1n) is 5.88. The summed E-state index contributed by atoms with van der Waals surface area (Å²) in [6, 6.07) is 0. The third-order valence-corrected chi connectivity index (χ3v) is 2.78. The van der Waals surface area contributed by atoms with E-state index in [0.29, 0.717) is 5.92 Å².